The highest BCUT2D eigenvalue weighted by atomic mass is 79.9. The Labute approximate surface area is 287 Å². The summed E-state index contributed by atoms with van der Waals surface area (Å²) in [6, 6.07) is 24.1. The molecule has 0 amide bonds. The van der Waals surface area contributed by atoms with Gasteiger partial charge in [0, 0.05) is 60.6 Å². The van der Waals surface area contributed by atoms with Crippen LogP contribution < -0.4 is 0 Å². The molecule has 1 heterocycles. The maximum atomic E-state index is 13.5. The van der Waals surface area contributed by atoms with Gasteiger partial charge in [0.1, 0.15) is 23.0 Å². The van der Waals surface area contributed by atoms with Crippen molar-refractivity contribution in [2.75, 3.05) is 0 Å². The molecule has 0 radical (unpaired) electrons. The number of phenolic OH excluding ortho intramolecular Hbond substituents is 4. The van der Waals surface area contributed by atoms with E-state index in [2.05, 4.69) is 36.8 Å². The van der Waals surface area contributed by atoms with Crippen LogP contribution in [0.2, 0.25) is 0 Å². The van der Waals surface area contributed by atoms with Crippen LogP contribution >= 0.6 is 31.9 Å². The first-order valence-corrected chi connectivity index (χ1v) is 16.3. The lowest BCUT2D eigenvalue weighted by Crippen LogP contribution is -2.07. The molecule has 9 heteroatoms. The lowest BCUT2D eigenvalue weighted by Gasteiger charge is -2.16. The highest BCUT2D eigenvalue weighted by Crippen LogP contribution is 2.41. The molecule has 0 unspecified atom stereocenters. The Morgan fingerprint density at radius 3 is 1.60 bits per heavy atom. The van der Waals surface area contributed by atoms with Crippen LogP contribution in [0.25, 0.3) is 10.9 Å². The smallest absolute Gasteiger partial charge is 0.196 e. The van der Waals surface area contributed by atoms with E-state index in [9.17, 15) is 30.0 Å². The Morgan fingerprint density at radius 2 is 1.09 bits per heavy atom. The third-order valence-corrected chi connectivity index (χ3v) is 9.38. The van der Waals surface area contributed by atoms with Gasteiger partial charge in [0.15, 0.2) is 11.6 Å². The van der Waals surface area contributed by atoms with Gasteiger partial charge in [0.25, 0.3) is 0 Å². The summed E-state index contributed by atoms with van der Waals surface area (Å²) in [5, 5.41) is 46.0. The zero-order valence-corrected chi connectivity index (χ0v) is 28.5. The summed E-state index contributed by atoms with van der Waals surface area (Å²) >= 11 is 6.77. The number of hydrogen-bond donors (Lipinski definition) is 5. The van der Waals surface area contributed by atoms with Crippen LogP contribution in [-0.2, 0) is 12.8 Å². The zero-order chi connectivity index (χ0) is 33.6. The van der Waals surface area contributed by atoms with E-state index in [-0.39, 0.29) is 58.1 Å². The summed E-state index contributed by atoms with van der Waals surface area (Å²) in [5.74, 6) is -1.77. The molecule has 6 rings (SSSR count). The molecule has 0 spiro atoms. The Kier molecular flexibility index (Phi) is 8.70. The Balaban J connectivity index is 1.46. The number of aryl methyl sites for hydroxylation is 2. The molecule has 236 valence electrons. The van der Waals surface area contributed by atoms with Crippen molar-refractivity contribution in [2.24, 2.45) is 0 Å². The molecule has 0 aliphatic heterocycles. The lowest BCUT2D eigenvalue weighted by molar-refractivity contribution is 0.102. The SMILES string of the molecule is Cc1cc(C(=O)c2cccc(Br)c2)c(O)c(Cc2[nH]c3ccccc3c2Cc2c(O)c(C)cc(C(=O)c3cccc(Br)c3)c2O)c1O. The third-order valence-electron chi connectivity index (χ3n) is 8.39. The number of aromatic hydroxyl groups is 4. The van der Waals surface area contributed by atoms with Gasteiger partial charge in [-0.1, -0.05) is 74.3 Å². The number of carbonyl (C=O) groups excluding carboxylic acids is 2. The number of ketones is 2. The van der Waals surface area contributed by atoms with Crippen LogP contribution in [0.5, 0.6) is 23.0 Å². The normalized spacial score (nSPS) is 11.2. The number of carbonyl (C=O) groups is 2. The van der Waals surface area contributed by atoms with Crippen LogP contribution in [0.1, 0.15) is 65.4 Å². The maximum Gasteiger partial charge on any atom is 0.196 e. The molecule has 0 saturated heterocycles. The monoisotopic (exact) mass is 753 g/mol. The van der Waals surface area contributed by atoms with E-state index < -0.39 is 11.6 Å². The minimum Gasteiger partial charge on any atom is -0.507 e. The van der Waals surface area contributed by atoms with Gasteiger partial charge in [-0.2, -0.15) is 0 Å². The minimum atomic E-state index is -0.401. The number of halogens is 2. The number of rotatable bonds is 8. The summed E-state index contributed by atoms with van der Waals surface area (Å²) in [4.78, 5) is 30.4. The van der Waals surface area contributed by atoms with E-state index in [0.717, 1.165) is 10.9 Å². The molecule has 0 bridgehead atoms. The highest BCUT2D eigenvalue weighted by molar-refractivity contribution is 9.10. The fourth-order valence-electron chi connectivity index (χ4n) is 5.95. The van der Waals surface area contributed by atoms with E-state index in [1.165, 1.54) is 12.1 Å². The molecule has 0 aliphatic rings. The molecular formula is C38H29Br2NO6. The Bertz CT molecular complexity index is 2240. The van der Waals surface area contributed by atoms with Crippen molar-refractivity contribution in [3.05, 3.63) is 150 Å². The fraction of sp³-hybridized carbons (Fsp3) is 0.105. The number of aromatic nitrogens is 1. The second-order valence-electron chi connectivity index (χ2n) is 11.5. The average Bonchev–Trinajstić information content (AvgIpc) is 3.40. The van der Waals surface area contributed by atoms with E-state index in [4.69, 9.17) is 0 Å². The number of fused-ring (bicyclic) bond motifs is 1. The molecule has 0 aliphatic carbocycles. The molecule has 0 atom stereocenters. The van der Waals surface area contributed by atoms with Crippen molar-refractivity contribution in [3.8, 4) is 23.0 Å². The fourth-order valence-corrected chi connectivity index (χ4v) is 6.74. The Hall–Kier alpha value is -4.86. The van der Waals surface area contributed by atoms with Gasteiger partial charge >= 0.3 is 0 Å². The number of aromatic amines is 1. The van der Waals surface area contributed by atoms with Gasteiger partial charge < -0.3 is 25.4 Å². The zero-order valence-electron chi connectivity index (χ0n) is 25.4. The van der Waals surface area contributed by atoms with Crippen molar-refractivity contribution in [1.82, 2.24) is 4.98 Å². The Morgan fingerprint density at radius 1 is 0.596 bits per heavy atom. The molecular weight excluding hydrogens is 726 g/mol. The van der Waals surface area contributed by atoms with Gasteiger partial charge in [-0.3, -0.25) is 9.59 Å². The first-order chi connectivity index (χ1) is 22.4. The standard InChI is InChI=1S/C38H29Br2NO6/c1-19-13-27(35(44)21-7-5-9-23(39)15-21)37(46)29(33(19)42)17-26-25-11-3-4-12-31(25)41-32(26)18-30-34(43)20(2)14-28(38(30)47)36(45)22-8-6-10-24(40)16-22/h3-16,41-43,46-47H,17-18H2,1-2H3. The minimum absolute atomic E-state index is 0.000701. The largest absolute Gasteiger partial charge is 0.507 e. The number of para-hydroxylation sites is 1. The van der Waals surface area contributed by atoms with Crippen LogP contribution in [0.3, 0.4) is 0 Å². The summed E-state index contributed by atoms with van der Waals surface area (Å²) in [5.41, 5.74) is 4.02. The van der Waals surface area contributed by atoms with E-state index in [1.54, 1.807) is 62.4 Å². The number of hydrogen-bond acceptors (Lipinski definition) is 6. The van der Waals surface area contributed by atoms with Gasteiger partial charge in [0.05, 0.1) is 11.1 Å². The molecule has 6 aromatic rings. The van der Waals surface area contributed by atoms with Crippen molar-refractivity contribution in [1.29, 1.82) is 0 Å². The highest BCUT2D eigenvalue weighted by Gasteiger charge is 2.26. The number of nitrogens with one attached hydrogen (secondary N) is 1. The predicted molar refractivity (Wildman–Crippen MR) is 188 cm³/mol. The molecule has 1 aromatic heterocycles. The molecule has 5 aromatic carbocycles. The van der Waals surface area contributed by atoms with E-state index in [0.29, 0.717) is 42.5 Å². The topological polar surface area (TPSA) is 131 Å². The first-order valence-electron chi connectivity index (χ1n) is 14.7. The van der Waals surface area contributed by atoms with Gasteiger partial charge in [0.2, 0.25) is 0 Å². The first kappa shape index (κ1) is 32.1. The van der Waals surface area contributed by atoms with Gasteiger partial charge in [-0.05, 0) is 73.0 Å². The van der Waals surface area contributed by atoms with Crippen molar-refractivity contribution in [2.45, 2.75) is 26.7 Å². The average molecular weight is 755 g/mol. The lowest BCUT2D eigenvalue weighted by atomic mass is 9.90. The van der Waals surface area contributed by atoms with Gasteiger partial charge in [-0.15, -0.1) is 0 Å². The van der Waals surface area contributed by atoms with Crippen molar-refractivity contribution < 1.29 is 30.0 Å². The predicted octanol–water partition coefficient (Wildman–Crippen LogP) is 8.78. The summed E-state index contributed by atoms with van der Waals surface area (Å²) in [6.45, 7) is 3.33. The van der Waals surface area contributed by atoms with Crippen molar-refractivity contribution >= 4 is 54.3 Å². The molecule has 0 saturated carbocycles. The second kappa shape index (κ2) is 12.7. The van der Waals surface area contributed by atoms with Crippen LogP contribution in [0, 0.1) is 13.8 Å². The second-order valence-corrected chi connectivity index (χ2v) is 13.3. The van der Waals surface area contributed by atoms with E-state index in [1.807, 2.05) is 24.3 Å². The number of H-pyrrole nitrogens is 1. The number of benzene rings is 5. The quantitative estimate of drug-likeness (QED) is 0.0988. The van der Waals surface area contributed by atoms with Crippen molar-refractivity contribution in [3.63, 3.8) is 0 Å². The molecule has 47 heavy (non-hydrogen) atoms. The summed E-state index contributed by atoms with van der Waals surface area (Å²) in [7, 11) is 0. The summed E-state index contributed by atoms with van der Waals surface area (Å²) in [6.07, 6.45) is 0.0217. The molecule has 7 nitrogen and oxygen atoms in total. The van der Waals surface area contributed by atoms with Gasteiger partial charge in [-0.25, -0.2) is 0 Å². The molecule has 5 N–H and O–H groups in total. The van der Waals surface area contributed by atoms with Crippen LogP contribution in [0.15, 0.2) is 93.9 Å². The van der Waals surface area contributed by atoms with Crippen LogP contribution in [-0.4, -0.2) is 37.0 Å². The van der Waals surface area contributed by atoms with Crippen LogP contribution in [0.4, 0.5) is 0 Å². The number of phenols is 4. The summed E-state index contributed by atoms with van der Waals surface area (Å²) < 4.78 is 1.43. The maximum absolute atomic E-state index is 13.5. The van der Waals surface area contributed by atoms with E-state index >= 15 is 0 Å². The molecule has 0 fully saturated rings. The third kappa shape index (κ3) is 6.04.